The molecule has 1 amide bonds. The lowest BCUT2D eigenvalue weighted by molar-refractivity contribution is 0.0942. The first-order valence-electron chi connectivity index (χ1n) is 7.62. The molecule has 1 fully saturated rings. The number of hydrogen-bond acceptors (Lipinski definition) is 4. The summed E-state index contributed by atoms with van der Waals surface area (Å²) in [6, 6.07) is 5.92. The Kier molecular flexibility index (Phi) is 5.07. The molecule has 1 heterocycles. The van der Waals surface area contributed by atoms with Crippen molar-refractivity contribution in [2.75, 3.05) is 44.4 Å². The zero-order valence-corrected chi connectivity index (χ0v) is 13.2. The third-order valence-electron chi connectivity index (χ3n) is 4.15. The number of likely N-dealkylation sites (N-methyl/N-ethyl adjacent to an activating group) is 1. The molecule has 5 nitrogen and oxygen atoms in total. The summed E-state index contributed by atoms with van der Waals surface area (Å²) in [5.74, 6) is -0.0473. The topological polar surface area (TPSA) is 61.6 Å². The Hall–Kier alpha value is -1.75. The van der Waals surface area contributed by atoms with Gasteiger partial charge in [0.15, 0.2) is 0 Å². The minimum absolute atomic E-state index is 0.0473. The number of rotatable bonds is 5. The Morgan fingerprint density at radius 1 is 1.48 bits per heavy atom. The molecule has 1 aromatic rings. The van der Waals surface area contributed by atoms with Crippen LogP contribution in [-0.2, 0) is 0 Å². The summed E-state index contributed by atoms with van der Waals surface area (Å²) in [7, 11) is 3.86. The molecule has 1 aliphatic rings. The van der Waals surface area contributed by atoms with E-state index in [1.807, 2.05) is 31.1 Å². The molecule has 1 aliphatic heterocycles. The minimum atomic E-state index is -0.0473. The summed E-state index contributed by atoms with van der Waals surface area (Å²) >= 11 is 0. The molecule has 0 saturated carbocycles. The second kappa shape index (κ2) is 6.80. The molecular formula is C16H26N4O. The van der Waals surface area contributed by atoms with Gasteiger partial charge in [-0.15, -0.1) is 0 Å². The zero-order valence-electron chi connectivity index (χ0n) is 13.2. The Morgan fingerprint density at radius 3 is 2.90 bits per heavy atom. The second-order valence-electron chi connectivity index (χ2n) is 5.81. The third-order valence-corrected chi connectivity index (χ3v) is 4.15. The van der Waals surface area contributed by atoms with Crippen molar-refractivity contribution >= 4 is 17.3 Å². The Labute approximate surface area is 127 Å². The molecule has 1 saturated heterocycles. The number of carbonyl (C=O) groups excluding carboxylic acids is 1. The number of carbonyl (C=O) groups is 1. The lowest BCUT2D eigenvalue weighted by Gasteiger charge is -2.23. The number of nitrogens with one attached hydrogen (secondary N) is 1. The van der Waals surface area contributed by atoms with E-state index in [0.717, 1.165) is 25.2 Å². The van der Waals surface area contributed by atoms with E-state index in [4.69, 9.17) is 5.73 Å². The highest BCUT2D eigenvalue weighted by Gasteiger charge is 2.23. The molecule has 5 heteroatoms. The van der Waals surface area contributed by atoms with Crippen molar-refractivity contribution in [1.29, 1.82) is 0 Å². The van der Waals surface area contributed by atoms with E-state index in [-0.39, 0.29) is 5.91 Å². The predicted octanol–water partition coefficient (Wildman–Crippen LogP) is 1.55. The van der Waals surface area contributed by atoms with Crippen molar-refractivity contribution in [3.63, 3.8) is 0 Å². The number of likely N-dealkylation sites (tertiary alicyclic amines) is 1. The van der Waals surface area contributed by atoms with Crippen LogP contribution in [0.5, 0.6) is 0 Å². The van der Waals surface area contributed by atoms with E-state index in [2.05, 4.69) is 17.1 Å². The first-order chi connectivity index (χ1) is 10.0. The maximum atomic E-state index is 12.5. The highest BCUT2D eigenvalue weighted by Crippen LogP contribution is 2.22. The molecule has 2 rings (SSSR count). The van der Waals surface area contributed by atoms with Crippen molar-refractivity contribution in [3.05, 3.63) is 23.8 Å². The standard InChI is InChI=1S/C16H26N4O/c1-4-20-9-5-6-13(20)11-18-16(21)14-10-12(17)7-8-15(14)19(2)3/h7-8,10,13H,4-6,9,11,17H2,1-3H3,(H,18,21). The first kappa shape index (κ1) is 15.6. The lowest BCUT2D eigenvalue weighted by atomic mass is 10.1. The van der Waals surface area contributed by atoms with Crippen LogP contribution in [0.1, 0.15) is 30.1 Å². The lowest BCUT2D eigenvalue weighted by Crippen LogP contribution is -2.40. The van der Waals surface area contributed by atoms with Crippen LogP contribution >= 0.6 is 0 Å². The molecule has 3 N–H and O–H groups in total. The molecule has 21 heavy (non-hydrogen) atoms. The number of nitrogen functional groups attached to an aromatic ring is 1. The third kappa shape index (κ3) is 3.67. The van der Waals surface area contributed by atoms with Crippen LogP contribution in [0.2, 0.25) is 0 Å². The van der Waals surface area contributed by atoms with Gasteiger partial charge in [0.05, 0.1) is 5.56 Å². The summed E-state index contributed by atoms with van der Waals surface area (Å²) in [5.41, 5.74) is 7.96. The van der Waals surface area contributed by atoms with Gasteiger partial charge in [-0.3, -0.25) is 9.69 Å². The fourth-order valence-corrected chi connectivity index (χ4v) is 2.97. The smallest absolute Gasteiger partial charge is 0.253 e. The van der Waals surface area contributed by atoms with Gasteiger partial charge in [-0.05, 0) is 44.1 Å². The summed E-state index contributed by atoms with van der Waals surface area (Å²) in [6.07, 6.45) is 2.38. The van der Waals surface area contributed by atoms with Crippen molar-refractivity contribution in [2.45, 2.75) is 25.8 Å². The van der Waals surface area contributed by atoms with Gasteiger partial charge in [-0.1, -0.05) is 6.92 Å². The number of anilines is 2. The molecule has 0 radical (unpaired) electrons. The molecule has 0 aromatic heterocycles. The van der Waals surface area contributed by atoms with Crippen LogP contribution in [0.4, 0.5) is 11.4 Å². The molecule has 1 aromatic carbocycles. The van der Waals surface area contributed by atoms with Gasteiger partial charge in [-0.25, -0.2) is 0 Å². The van der Waals surface area contributed by atoms with Crippen LogP contribution in [-0.4, -0.2) is 50.6 Å². The number of nitrogens with two attached hydrogens (primary N) is 1. The van der Waals surface area contributed by atoms with Crippen LogP contribution in [0.25, 0.3) is 0 Å². The second-order valence-corrected chi connectivity index (χ2v) is 5.81. The molecule has 0 bridgehead atoms. The van der Waals surface area contributed by atoms with Gasteiger partial charge in [0.25, 0.3) is 5.91 Å². The van der Waals surface area contributed by atoms with Gasteiger partial charge >= 0.3 is 0 Å². The van der Waals surface area contributed by atoms with E-state index in [9.17, 15) is 4.79 Å². The molecule has 1 atom stereocenters. The van der Waals surface area contributed by atoms with Crippen LogP contribution < -0.4 is 16.0 Å². The average Bonchev–Trinajstić information content (AvgIpc) is 2.91. The number of hydrogen-bond donors (Lipinski definition) is 2. The average molecular weight is 290 g/mol. The van der Waals surface area contributed by atoms with E-state index in [1.54, 1.807) is 6.07 Å². The predicted molar refractivity (Wildman–Crippen MR) is 87.8 cm³/mol. The quantitative estimate of drug-likeness (QED) is 0.808. The highest BCUT2D eigenvalue weighted by molar-refractivity contribution is 6.00. The zero-order chi connectivity index (χ0) is 15.4. The SMILES string of the molecule is CCN1CCCC1CNC(=O)c1cc(N)ccc1N(C)C. The first-order valence-corrected chi connectivity index (χ1v) is 7.62. The van der Waals surface area contributed by atoms with Gasteiger partial charge in [0.1, 0.15) is 0 Å². The summed E-state index contributed by atoms with van der Waals surface area (Å²) < 4.78 is 0. The summed E-state index contributed by atoms with van der Waals surface area (Å²) in [4.78, 5) is 16.8. The fourth-order valence-electron chi connectivity index (χ4n) is 2.97. The van der Waals surface area contributed by atoms with Crippen molar-refractivity contribution in [3.8, 4) is 0 Å². The number of nitrogens with zero attached hydrogens (tertiary/aromatic N) is 2. The number of amides is 1. The Balaban J connectivity index is 2.05. The minimum Gasteiger partial charge on any atom is -0.399 e. The Morgan fingerprint density at radius 2 is 2.24 bits per heavy atom. The summed E-state index contributed by atoms with van der Waals surface area (Å²) in [6.45, 7) is 5.05. The maximum Gasteiger partial charge on any atom is 0.253 e. The van der Waals surface area contributed by atoms with Crippen molar-refractivity contribution in [2.24, 2.45) is 0 Å². The normalized spacial score (nSPS) is 18.7. The van der Waals surface area contributed by atoms with Crippen LogP contribution in [0.3, 0.4) is 0 Å². The molecule has 0 aliphatic carbocycles. The van der Waals surface area contributed by atoms with Crippen LogP contribution in [0, 0.1) is 0 Å². The van der Waals surface area contributed by atoms with E-state index in [1.165, 1.54) is 6.42 Å². The Bertz CT molecular complexity index is 501. The number of benzene rings is 1. The maximum absolute atomic E-state index is 12.5. The van der Waals surface area contributed by atoms with E-state index >= 15 is 0 Å². The largest absolute Gasteiger partial charge is 0.399 e. The molecule has 1 unspecified atom stereocenters. The van der Waals surface area contributed by atoms with Crippen molar-refractivity contribution in [1.82, 2.24) is 10.2 Å². The molecular weight excluding hydrogens is 264 g/mol. The van der Waals surface area contributed by atoms with Gasteiger partial charge in [-0.2, -0.15) is 0 Å². The van der Waals surface area contributed by atoms with E-state index in [0.29, 0.717) is 23.8 Å². The van der Waals surface area contributed by atoms with Gasteiger partial charge in [0.2, 0.25) is 0 Å². The van der Waals surface area contributed by atoms with Gasteiger partial charge in [0, 0.05) is 38.1 Å². The van der Waals surface area contributed by atoms with Crippen molar-refractivity contribution < 1.29 is 4.79 Å². The highest BCUT2D eigenvalue weighted by atomic mass is 16.1. The fraction of sp³-hybridized carbons (Fsp3) is 0.562. The van der Waals surface area contributed by atoms with Crippen LogP contribution in [0.15, 0.2) is 18.2 Å². The monoisotopic (exact) mass is 290 g/mol. The van der Waals surface area contributed by atoms with E-state index < -0.39 is 0 Å². The summed E-state index contributed by atoms with van der Waals surface area (Å²) in [5, 5.41) is 3.06. The molecule has 0 spiro atoms. The van der Waals surface area contributed by atoms with Gasteiger partial charge < -0.3 is 16.0 Å². The molecule has 116 valence electrons.